The van der Waals surface area contributed by atoms with Gasteiger partial charge in [-0.05, 0) is 86.2 Å². The van der Waals surface area contributed by atoms with Crippen molar-refractivity contribution in [3.8, 4) is 11.5 Å². The Bertz CT molecular complexity index is 889. The molecule has 0 heterocycles. The molecule has 0 spiro atoms. The number of carbonyl (C=O) groups excluding carboxylic acids is 1. The van der Waals surface area contributed by atoms with Gasteiger partial charge in [0.1, 0.15) is 22.7 Å². The Morgan fingerprint density at radius 1 is 0.897 bits per heavy atom. The second-order valence-electron chi connectivity index (χ2n) is 8.10. The first-order valence-corrected chi connectivity index (χ1v) is 10.4. The molecule has 0 atom stereocenters. The molecule has 0 bridgehead atoms. The first-order chi connectivity index (χ1) is 14.1. The van der Waals surface area contributed by atoms with E-state index in [0.717, 1.165) is 44.1 Å². The van der Waals surface area contributed by atoms with Gasteiger partial charge in [0.25, 0.3) is 0 Å². The van der Waals surface area contributed by atoms with E-state index in [1.54, 1.807) is 12.1 Å². The van der Waals surface area contributed by atoms with Crippen LogP contribution in [-0.2, 0) is 4.79 Å². The van der Waals surface area contributed by atoms with Crippen molar-refractivity contribution >= 4 is 17.3 Å². The van der Waals surface area contributed by atoms with Crippen LogP contribution in [0.25, 0.3) is 0 Å². The lowest BCUT2D eigenvalue weighted by atomic mass is 9.69. The predicted molar refractivity (Wildman–Crippen MR) is 115 cm³/mol. The third-order valence-electron chi connectivity index (χ3n) is 6.12. The molecule has 0 aliphatic heterocycles. The molecule has 4 N–H and O–H groups in total. The lowest BCUT2D eigenvalue weighted by molar-refractivity contribution is -0.127. The van der Waals surface area contributed by atoms with E-state index in [1.807, 2.05) is 36.4 Å². The molecule has 2 aromatic carbocycles. The Hall–Kier alpha value is -2.95. The third kappa shape index (κ3) is 4.09. The number of nitrogen functional groups attached to an aromatic ring is 1. The van der Waals surface area contributed by atoms with Gasteiger partial charge < -0.3 is 20.9 Å². The molecule has 2 aromatic rings. The molecule has 2 fully saturated rings. The third-order valence-corrected chi connectivity index (χ3v) is 6.12. The van der Waals surface area contributed by atoms with Crippen molar-refractivity contribution in [3.63, 3.8) is 0 Å². The zero-order valence-electron chi connectivity index (χ0n) is 16.6. The number of nitrogens with one attached hydrogen (secondary N) is 1. The summed E-state index contributed by atoms with van der Waals surface area (Å²) >= 11 is 0. The summed E-state index contributed by atoms with van der Waals surface area (Å²) in [5.41, 5.74) is 7.38. The summed E-state index contributed by atoms with van der Waals surface area (Å²) in [5.74, 6) is 1.62. The highest BCUT2D eigenvalue weighted by molar-refractivity contribution is 5.97. The smallest absolute Gasteiger partial charge is 0.238 e. The molecule has 1 amide bonds. The number of benzene rings is 2. The molecule has 4 rings (SSSR count). The molecule has 29 heavy (non-hydrogen) atoms. The van der Waals surface area contributed by atoms with Crippen molar-refractivity contribution in [2.45, 2.75) is 51.4 Å². The largest absolute Gasteiger partial charge is 0.511 e. The Balaban J connectivity index is 1.47. The van der Waals surface area contributed by atoms with E-state index in [0.29, 0.717) is 41.5 Å². The van der Waals surface area contributed by atoms with Crippen LogP contribution in [0.15, 0.2) is 59.9 Å². The Morgan fingerprint density at radius 3 is 2.03 bits per heavy atom. The van der Waals surface area contributed by atoms with Crippen LogP contribution in [0.2, 0.25) is 0 Å². The Morgan fingerprint density at radius 2 is 1.48 bits per heavy atom. The molecule has 5 nitrogen and oxygen atoms in total. The molecule has 2 saturated carbocycles. The fourth-order valence-electron chi connectivity index (χ4n) is 4.18. The van der Waals surface area contributed by atoms with E-state index >= 15 is 0 Å². The number of ether oxygens (including phenoxy) is 1. The van der Waals surface area contributed by atoms with Crippen LogP contribution in [0.5, 0.6) is 11.5 Å². The van der Waals surface area contributed by atoms with Gasteiger partial charge >= 0.3 is 0 Å². The standard InChI is InChI=1S/C24H28N2O3/c25-18-7-11-20(12-8-18)29-21-13-9-19(10-14-21)26-23(28)24(15-2-1-3-16-24)22(27)17-5-4-6-17/h7-14,27H,1-6,15-16,25H2,(H,26,28). The number of rotatable bonds is 5. The Kier molecular flexibility index (Phi) is 5.47. The van der Waals surface area contributed by atoms with Gasteiger partial charge in [-0.2, -0.15) is 0 Å². The number of hydrogen-bond acceptors (Lipinski definition) is 4. The summed E-state index contributed by atoms with van der Waals surface area (Å²) < 4.78 is 5.81. The number of hydrogen-bond donors (Lipinski definition) is 3. The minimum atomic E-state index is -0.771. The van der Waals surface area contributed by atoms with E-state index in [4.69, 9.17) is 10.5 Å². The molecule has 0 aromatic heterocycles. The number of anilines is 2. The van der Waals surface area contributed by atoms with Crippen molar-refractivity contribution in [1.29, 1.82) is 0 Å². The van der Waals surface area contributed by atoms with Crippen LogP contribution in [0.3, 0.4) is 0 Å². The number of amides is 1. The Labute approximate surface area is 171 Å². The second-order valence-corrected chi connectivity index (χ2v) is 8.10. The van der Waals surface area contributed by atoms with Crippen LogP contribution < -0.4 is 15.8 Å². The highest BCUT2D eigenvalue weighted by atomic mass is 16.5. The maximum Gasteiger partial charge on any atom is 0.238 e. The highest BCUT2D eigenvalue weighted by Gasteiger charge is 2.45. The van der Waals surface area contributed by atoms with Gasteiger partial charge in [-0.3, -0.25) is 4.79 Å². The lowest BCUT2D eigenvalue weighted by Gasteiger charge is -2.38. The summed E-state index contributed by atoms with van der Waals surface area (Å²) in [6.45, 7) is 0. The van der Waals surface area contributed by atoms with Crippen molar-refractivity contribution in [1.82, 2.24) is 0 Å². The van der Waals surface area contributed by atoms with Gasteiger partial charge in [0.2, 0.25) is 5.91 Å². The van der Waals surface area contributed by atoms with Gasteiger partial charge in [0.15, 0.2) is 0 Å². The van der Waals surface area contributed by atoms with Crippen molar-refractivity contribution in [3.05, 3.63) is 59.9 Å². The highest BCUT2D eigenvalue weighted by Crippen LogP contribution is 2.46. The summed E-state index contributed by atoms with van der Waals surface area (Å²) in [6.07, 6.45) is 7.43. The van der Waals surface area contributed by atoms with E-state index < -0.39 is 5.41 Å². The molecule has 2 aliphatic rings. The lowest BCUT2D eigenvalue weighted by Crippen LogP contribution is -2.40. The minimum absolute atomic E-state index is 0.0960. The SMILES string of the molecule is Nc1ccc(Oc2ccc(NC(=O)C3(C(O)=C4CCC4)CCCCC3)cc2)cc1. The van der Waals surface area contributed by atoms with Gasteiger partial charge in [0, 0.05) is 11.4 Å². The molecule has 0 unspecified atom stereocenters. The molecular formula is C24H28N2O3. The van der Waals surface area contributed by atoms with Crippen LogP contribution in [0, 0.1) is 5.41 Å². The predicted octanol–water partition coefficient (Wildman–Crippen LogP) is 5.95. The maximum atomic E-state index is 13.2. The average molecular weight is 392 g/mol. The second kappa shape index (κ2) is 8.19. The van der Waals surface area contributed by atoms with E-state index in [9.17, 15) is 9.90 Å². The topological polar surface area (TPSA) is 84.6 Å². The number of carbonyl (C=O) groups is 1. The molecular weight excluding hydrogens is 364 g/mol. The zero-order valence-corrected chi connectivity index (χ0v) is 16.6. The summed E-state index contributed by atoms with van der Waals surface area (Å²) in [6, 6.07) is 14.5. The summed E-state index contributed by atoms with van der Waals surface area (Å²) in [4.78, 5) is 13.2. The van der Waals surface area contributed by atoms with Crippen LogP contribution in [0.4, 0.5) is 11.4 Å². The van der Waals surface area contributed by atoms with Gasteiger partial charge in [-0.25, -0.2) is 0 Å². The van der Waals surface area contributed by atoms with E-state index in [1.165, 1.54) is 0 Å². The van der Waals surface area contributed by atoms with Crippen molar-refractivity contribution < 1.29 is 14.6 Å². The molecule has 5 heteroatoms. The normalized spacial score (nSPS) is 17.9. The number of aliphatic hydroxyl groups excluding tert-OH is 1. The van der Waals surface area contributed by atoms with E-state index in [2.05, 4.69) is 5.32 Å². The first-order valence-electron chi connectivity index (χ1n) is 10.4. The summed E-state index contributed by atoms with van der Waals surface area (Å²) in [5, 5.41) is 13.9. The zero-order chi connectivity index (χ0) is 20.3. The number of allylic oxidation sites excluding steroid dienone is 1. The van der Waals surface area contributed by atoms with Gasteiger partial charge in [0.05, 0.1) is 0 Å². The number of nitrogens with two attached hydrogens (primary N) is 1. The number of aliphatic hydroxyl groups is 1. The van der Waals surface area contributed by atoms with Crippen LogP contribution >= 0.6 is 0 Å². The fraction of sp³-hybridized carbons (Fsp3) is 0.375. The monoisotopic (exact) mass is 392 g/mol. The summed E-state index contributed by atoms with van der Waals surface area (Å²) in [7, 11) is 0. The maximum absolute atomic E-state index is 13.2. The molecule has 2 aliphatic carbocycles. The average Bonchev–Trinajstić information content (AvgIpc) is 2.70. The molecule has 0 radical (unpaired) electrons. The molecule has 152 valence electrons. The van der Waals surface area contributed by atoms with Crippen molar-refractivity contribution in [2.75, 3.05) is 11.1 Å². The first kappa shape index (κ1) is 19.4. The minimum Gasteiger partial charge on any atom is -0.511 e. The fourth-order valence-corrected chi connectivity index (χ4v) is 4.18. The van der Waals surface area contributed by atoms with Crippen LogP contribution in [0.1, 0.15) is 51.4 Å². The van der Waals surface area contributed by atoms with Gasteiger partial charge in [-0.15, -0.1) is 0 Å². The van der Waals surface area contributed by atoms with Crippen molar-refractivity contribution in [2.24, 2.45) is 5.41 Å². The molecule has 0 saturated heterocycles. The van der Waals surface area contributed by atoms with Crippen LogP contribution in [-0.4, -0.2) is 11.0 Å². The van der Waals surface area contributed by atoms with Gasteiger partial charge in [-0.1, -0.05) is 19.3 Å². The quantitative estimate of drug-likeness (QED) is 0.434. The van der Waals surface area contributed by atoms with E-state index in [-0.39, 0.29) is 5.91 Å².